The van der Waals surface area contributed by atoms with Crippen LogP contribution in [0.4, 0.5) is 0 Å². The summed E-state index contributed by atoms with van der Waals surface area (Å²) in [6, 6.07) is 7.99. The highest BCUT2D eigenvalue weighted by molar-refractivity contribution is 14.0. The highest BCUT2D eigenvalue weighted by Crippen LogP contribution is 2.30. The summed E-state index contributed by atoms with van der Waals surface area (Å²) >= 11 is 0. The van der Waals surface area contributed by atoms with Gasteiger partial charge in [0.05, 0.1) is 19.7 Å². The molecular weight excluding hydrogens is 431 g/mol. The van der Waals surface area contributed by atoms with E-state index in [4.69, 9.17) is 4.74 Å². The van der Waals surface area contributed by atoms with Gasteiger partial charge in [-0.2, -0.15) is 0 Å². The second-order valence-electron chi connectivity index (χ2n) is 6.20. The van der Waals surface area contributed by atoms with E-state index < -0.39 is 0 Å². The van der Waals surface area contributed by atoms with Crippen LogP contribution in [-0.2, 0) is 11.3 Å². The summed E-state index contributed by atoms with van der Waals surface area (Å²) in [5, 5.41) is 6.21. The number of hydrogen-bond acceptors (Lipinski definition) is 3. The summed E-state index contributed by atoms with van der Waals surface area (Å²) in [5.74, 6) is 2.25. The Morgan fingerprint density at radius 1 is 1.28 bits per heavy atom. The van der Waals surface area contributed by atoms with Crippen LogP contribution >= 0.6 is 24.0 Å². The molecule has 140 valence electrons. The lowest BCUT2D eigenvalue weighted by molar-refractivity contribution is -0.127. The Morgan fingerprint density at radius 3 is 2.64 bits per heavy atom. The van der Waals surface area contributed by atoms with Gasteiger partial charge in [-0.3, -0.25) is 4.79 Å². The standard InChI is InChI=1S/C18H28N4O2.HI/c1-4-19-18(21-12-17(23)22(2)3)20-11-15-7-5-6-8-16(15)24-13-14-9-10-14;/h5-8,14H,4,9-13H2,1-3H3,(H2,19,20,21);1H. The zero-order valence-electron chi connectivity index (χ0n) is 15.2. The van der Waals surface area contributed by atoms with Crippen LogP contribution in [0, 0.1) is 5.92 Å². The van der Waals surface area contributed by atoms with Gasteiger partial charge in [0, 0.05) is 26.2 Å². The number of rotatable bonds is 8. The van der Waals surface area contributed by atoms with Crippen LogP contribution in [0.1, 0.15) is 25.3 Å². The summed E-state index contributed by atoms with van der Waals surface area (Å²) in [7, 11) is 3.48. The Balaban J connectivity index is 0.00000312. The molecule has 1 amide bonds. The second kappa shape index (κ2) is 11.2. The van der Waals surface area contributed by atoms with Crippen LogP contribution in [0.5, 0.6) is 5.75 Å². The molecule has 0 radical (unpaired) electrons. The number of benzene rings is 1. The van der Waals surface area contributed by atoms with Crippen molar-refractivity contribution in [3.05, 3.63) is 29.8 Å². The molecule has 0 bridgehead atoms. The lowest BCUT2D eigenvalue weighted by atomic mass is 10.2. The number of aliphatic imine (C=N–C) groups is 1. The molecule has 1 aliphatic rings. The highest BCUT2D eigenvalue weighted by Gasteiger charge is 2.22. The fraction of sp³-hybridized carbons (Fsp3) is 0.556. The average molecular weight is 460 g/mol. The first kappa shape index (κ1) is 21.5. The molecule has 0 aliphatic heterocycles. The summed E-state index contributed by atoms with van der Waals surface area (Å²) in [6.07, 6.45) is 2.55. The number of carbonyl (C=O) groups excluding carboxylic acids is 1. The zero-order chi connectivity index (χ0) is 17.4. The van der Waals surface area contributed by atoms with Crippen molar-refractivity contribution in [3.63, 3.8) is 0 Å². The van der Waals surface area contributed by atoms with Crippen molar-refractivity contribution in [2.24, 2.45) is 10.9 Å². The Labute approximate surface area is 167 Å². The molecule has 1 fully saturated rings. The lowest BCUT2D eigenvalue weighted by Gasteiger charge is -2.14. The zero-order valence-corrected chi connectivity index (χ0v) is 17.6. The van der Waals surface area contributed by atoms with Gasteiger partial charge >= 0.3 is 0 Å². The maximum atomic E-state index is 11.7. The smallest absolute Gasteiger partial charge is 0.241 e. The number of carbonyl (C=O) groups is 1. The molecule has 0 saturated heterocycles. The molecule has 1 saturated carbocycles. The third kappa shape index (κ3) is 7.94. The number of para-hydroxylation sites is 1. The van der Waals surface area contributed by atoms with Crippen LogP contribution in [0.25, 0.3) is 0 Å². The first-order valence-electron chi connectivity index (χ1n) is 8.53. The molecule has 25 heavy (non-hydrogen) atoms. The molecule has 1 aromatic carbocycles. The molecule has 2 rings (SSSR count). The van der Waals surface area contributed by atoms with Crippen molar-refractivity contribution in [1.29, 1.82) is 0 Å². The van der Waals surface area contributed by atoms with E-state index in [2.05, 4.69) is 15.6 Å². The number of likely N-dealkylation sites (N-methyl/N-ethyl adjacent to an activating group) is 1. The summed E-state index contributed by atoms with van der Waals surface area (Å²) < 4.78 is 5.91. The van der Waals surface area contributed by atoms with E-state index in [1.165, 1.54) is 12.8 Å². The SMILES string of the molecule is CCNC(=NCc1ccccc1OCC1CC1)NCC(=O)N(C)C.I. The van der Waals surface area contributed by atoms with Crippen molar-refractivity contribution in [1.82, 2.24) is 15.5 Å². The largest absolute Gasteiger partial charge is 0.493 e. The van der Waals surface area contributed by atoms with E-state index in [-0.39, 0.29) is 36.4 Å². The fourth-order valence-corrected chi connectivity index (χ4v) is 2.09. The van der Waals surface area contributed by atoms with Gasteiger partial charge in [-0.05, 0) is 31.7 Å². The molecule has 1 aromatic rings. The predicted molar refractivity (Wildman–Crippen MR) is 112 cm³/mol. The molecular formula is C18H29IN4O2. The molecule has 0 aromatic heterocycles. The molecule has 0 heterocycles. The van der Waals surface area contributed by atoms with Crippen LogP contribution in [0.3, 0.4) is 0 Å². The highest BCUT2D eigenvalue weighted by atomic mass is 127. The van der Waals surface area contributed by atoms with Crippen LogP contribution in [0.15, 0.2) is 29.3 Å². The minimum atomic E-state index is 0. The number of amides is 1. The van der Waals surface area contributed by atoms with Crippen molar-refractivity contribution < 1.29 is 9.53 Å². The van der Waals surface area contributed by atoms with Crippen molar-refractivity contribution in [2.75, 3.05) is 33.8 Å². The molecule has 6 nitrogen and oxygen atoms in total. The van der Waals surface area contributed by atoms with E-state index in [0.29, 0.717) is 12.5 Å². The predicted octanol–water partition coefficient (Wildman–Crippen LogP) is 2.24. The molecule has 0 atom stereocenters. The number of ether oxygens (including phenoxy) is 1. The summed E-state index contributed by atoms with van der Waals surface area (Å²) in [4.78, 5) is 17.8. The normalized spacial score (nSPS) is 13.6. The third-order valence-electron chi connectivity index (χ3n) is 3.80. The molecule has 7 heteroatoms. The lowest BCUT2D eigenvalue weighted by Crippen LogP contribution is -2.42. The number of guanidine groups is 1. The first-order chi connectivity index (χ1) is 11.6. The Morgan fingerprint density at radius 2 is 2.00 bits per heavy atom. The van der Waals surface area contributed by atoms with Gasteiger partial charge < -0.3 is 20.3 Å². The van der Waals surface area contributed by atoms with Crippen LogP contribution in [0.2, 0.25) is 0 Å². The Hall–Kier alpha value is -1.51. The topological polar surface area (TPSA) is 66.0 Å². The Kier molecular flexibility index (Phi) is 9.62. The van der Waals surface area contributed by atoms with Gasteiger partial charge in [-0.15, -0.1) is 24.0 Å². The van der Waals surface area contributed by atoms with E-state index in [0.717, 1.165) is 30.4 Å². The number of halogens is 1. The first-order valence-corrected chi connectivity index (χ1v) is 8.53. The fourth-order valence-electron chi connectivity index (χ4n) is 2.09. The van der Waals surface area contributed by atoms with Gasteiger partial charge in [-0.1, -0.05) is 18.2 Å². The van der Waals surface area contributed by atoms with Crippen molar-refractivity contribution in [2.45, 2.75) is 26.3 Å². The van der Waals surface area contributed by atoms with Gasteiger partial charge in [-0.25, -0.2) is 4.99 Å². The van der Waals surface area contributed by atoms with E-state index in [1.54, 1.807) is 19.0 Å². The van der Waals surface area contributed by atoms with E-state index in [9.17, 15) is 4.79 Å². The van der Waals surface area contributed by atoms with Gasteiger partial charge in [0.2, 0.25) is 5.91 Å². The third-order valence-corrected chi connectivity index (χ3v) is 3.80. The molecule has 2 N–H and O–H groups in total. The van der Waals surface area contributed by atoms with Crippen LogP contribution < -0.4 is 15.4 Å². The Bertz CT molecular complexity index is 574. The van der Waals surface area contributed by atoms with Gasteiger partial charge in [0.15, 0.2) is 5.96 Å². The molecule has 1 aliphatic carbocycles. The van der Waals surface area contributed by atoms with E-state index >= 15 is 0 Å². The second-order valence-corrected chi connectivity index (χ2v) is 6.20. The number of nitrogens with zero attached hydrogens (tertiary/aromatic N) is 2. The van der Waals surface area contributed by atoms with Crippen molar-refractivity contribution in [3.8, 4) is 5.75 Å². The minimum absolute atomic E-state index is 0. The number of nitrogens with one attached hydrogen (secondary N) is 2. The molecule has 0 spiro atoms. The van der Waals surface area contributed by atoms with Gasteiger partial charge in [0.25, 0.3) is 0 Å². The van der Waals surface area contributed by atoms with Gasteiger partial charge in [0.1, 0.15) is 5.75 Å². The quantitative estimate of drug-likeness (QED) is 0.355. The monoisotopic (exact) mass is 460 g/mol. The maximum Gasteiger partial charge on any atom is 0.241 e. The van der Waals surface area contributed by atoms with E-state index in [1.807, 2.05) is 31.2 Å². The average Bonchev–Trinajstić information content (AvgIpc) is 3.40. The summed E-state index contributed by atoms with van der Waals surface area (Å²) in [5.41, 5.74) is 1.05. The van der Waals surface area contributed by atoms with Crippen molar-refractivity contribution >= 4 is 35.8 Å². The molecule has 0 unspecified atom stereocenters. The summed E-state index contributed by atoms with van der Waals surface area (Å²) in [6.45, 7) is 4.25. The number of hydrogen-bond donors (Lipinski definition) is 2. The van der Waals surface area contributed by atoms with Crippen LogP contribution in [-0.4, -0.2) is 50.6 Å². The maximum absolute atomic E-state index is 11.7. The minimum Gasteiger partial charge on any atom is -0.493 e.